The minimum Gasteiger partial charge on any atom is -0.475 e. The quantitative estimate of drug-likeness (QED) is 0.0784. The maximum Gasteiger partial charge on any atom is 0.490 e. The smallest absolute Gasteiger partial charge is 0.475 e. The summed E-state index contributed by atoms with van der Waals surface area (Å²) in [5, 5.41) is 95.0. The van der Waals surface area contributed by atoms with Gasteiger partial charge in [-0.1, -0.05) is 0 Å². The molecule has 0 aromatic carbocycles. The van der Waals surface area contributed by atoms with Crippen molar-refractivity contribution in [2.45, 2.75) is 81.0 Å². The SMILES string of the molecule is O.O=C(O)C(F)(F)F.OC(O)C(F)(F)F.OC(O)C(F)(F)F.OC(O)C(F)(F)F.OC(O)C(F)(F)F.OC(O)C(F)(F)F.OC(O)C(F)(F)F.[Zn].[Zn].[Zn].[Zn]. The molecule has 15 nitrogen and oxygen atoms in total. The van der Waals surface area contributed by atoms with Crippen LogP contribution >= 0.6 is 0 Å². The topological polar surface area (TPSA) is 312 Å². The Balaban J connectivity index is -0.0000000375. The summed E-state index contributed by atoms with van der Waals surface area (Å²) in [6.07, 6.45) is -53.6. The number of carbonyl (C=O) groups is 1. The molecule has 0 aliphatic heterocycles. The number of halogens is 21. The molecule has 0 spiro atoms. The van der Waals surface area contributed by atoms with Gasteiger partial charge in [-0.25, -0.2) is 4.79 Å². The second-order valence-electron chi connectivity index (χ2n) is 6.29. The van der Waals surface area contributed by atoms with Crippen molar-refractivity contribution < 1.29 is 247 Å². The molecule has 322 valence electrons. The van der Waals surface area contributed by atoms with Crippen LogP contribution in [0.5, 0.6) is 0 Å². The summed E-state index contributed by atoms with van der Waals surface area (Å²) in [4.78, 5) is 8.90. The normalized spacial score (nSPS) is 11.5. The molecule has 0 fully saturated rings. The monoisotopic (exact) mass is 1080 g/mol. The number of hydrogen-bond acceptors (Lipinski definition) is 13. The summed E-state index contributed by atoms with van der Waals surface area (Å²) in [7, 11) is 0. The Bertz CT molecular complexity index is 674. The molecule has 0 saturated heterocycles. The van der Waals surface area contributed by atoms with E-state index in [2.05, 4.69) is 0 Å². The van der Waals surface area contributed by atoms with Crippen LogP contribution in [0.25, 0.3) is 0 Å². The number of alkyl halides is 21. The molecule has 0 saturated carbocycles. The van der Waals surface area contributed by atoms with E-state index < -0.39 is 86.9 Å². The third-order valence-electron chi connectivity index (χ3n) is 2.00. The zero-order valence-corrected chi connectivity index (χ0v) is 36.8. The molecule has 0 bridgehead atoms. The van der Waals surface area contributed by atoms with Crippen molar-refractivity contribution in [1.82, 2.24) is 0 Å². The number of aliphatic hydroxyl groups is 12. The van der Waals surface area contributed by atoms with Crippen molar-refractivity contribution in [3.05, 3.63) is 0 Å². The van der Waals surface area contributed by atoms with E-state index in [1.165, 1.54) is 0 Å². The van der Waals surface area contributed by atoms with Crippen LogP contribution in [0.3, 0.4) is 0 Å². The van der Waals surface area contributed by atoms with E-state index in [0.717, 1.165) is 0 Å². The second kappa shape index (κ2) is 36.1. The van der Waals surface area contributed by atoms with Crippen LogP contribution in [0.1, 0.15) is 0 Å². The van der Waals surface area contributed by atoms with Crippen molar-refractivity contribution in [1.29, 1.82) is 0 Å². The van der Waals surface area contributed by atoms with E-state index in [-0.39, 0.29) is 83.4 Å². The van der Waals surface area contributed by atoms with E-state index in [9.17, 15) is 92.2 Å². The molecule has 0 aromatic rings. The number of aliphatic hydroxyl groups excluding tert-OH is 6. The second-order valence-corrected chi connectivity index (χ2v) is 6.29. The summed E-state index contributed by atoms with van der Waals surface area (Å²) >= 11 is 0. The van der Waals surface area contributed by atoms with Gasteiger partial charge < -0.3 is 71.9 Å². The standard InChI is InChI=1S/6C2H3F3O2.C2HF3O2.H2O.4Zn/c7*3-2(4,5)1(6)7;;;;;/h6*1,6-7H;(H,6,7);1H2;;;;. The summed E-state index contributed by atoms with van der Waals surface area (Å²) in [5.74, 6) is -2.76. The van der Waals surface area contributed by atoms with Gasteiger partial charge in [0.05, 0.1) is 0 Å². The Kier molecular flexibility index (Phi) is 57.4. The molecule has 0 heterocycles. The van der Waals surface area contributed by atoms with Gasteiger partial charge in [-0.05, 0) is 0 Å². The van der Waals surface area contributed by atoms with E-state index in [1.807, 2.05) is 0 Å². The Morgan fingerprint density at radius 3 is 0.333 bits per heavy atom. The average Bonchev–Trinajstić information content (AvgIpc) is 2.77. The zero-order valence-electron chi connectivity index (χ0n) is 25.0. The molecular weight excluding hydrogens is 1070 g/mol. The van der Waals surface area contributed by atoms with Gasteiger partial charge in [0.15, 0.2) is 0 Å². The third kappa shape index (κ3) is 76.7. The molecule has 0 radical (unpaired) electrons. The Morgan fingerprint density at radius 1 is 0.296 bits per heavy atom. The first-order chi connectivity index (χ1) is 20.6. The molecule has 0 aromatic heterocycles. The van der Waals surface area contributed by atoms with Crippen LogP contribution in [0.2, 0.25) is 0 Å². The first-order valence-corrected chi connectivity index (χ1v) is 9.48. The predicted octanol–water partition coefficient (Wildman–Crippen LogP) is -1.05. The molecule has 15 N–H and O–H groups in total. The van der Waals surface area contributed by atoms with Crippen LogP contribution in [-0.4, -0.2) is 159 Å². The molecular formula is C14H21F21O15Zn4. The van der Waals surface area contributed by atoms with Crippen molar-refractivity contribution in [3.8, 4) is 0 Å². The van der Waals surface area contributed by atoms with Gasteiger partial charge in [-0.3, -0.25) is 0 Å². The summed E-state index contributed by atoms with van der Waals surface area (Å²) in [6.45, 7) is 0. The predicted molar refractivity (Wildman–Crippen MR) is 103 cm³/mol. The van der Waals surface area contributed by atoms with Crippen LogP contribution in [0.15, 0.2) is 0 Å². The maximum absolute atomic E-state index is 10.7. The van der Waals surface area contributed by atoms with Crippen LogP contribution < -0.4 is 0 Å². The van der Waals surface area contributed by atoms with Gasteiger partial charge in [0, 0.05) is 77.9 Å². The van der Waals surface area contributed by atoms with E-state index in [4.69, 9.17) is 71.2 Å². The van der Waals surface area contributed by atoms with Crippen LogP contribution in [-0.2, 0) is 82.7 Å². The van der Waals surface area contributed by atoms with Gasteiger partial charge in [-0.2, -0.15) is 92.2 Å². The molecule has 0 amide bonds. The summed E-state index contributed by atoms with van der Waals surface area (Å²) in [6, 6.07) is 0. The first kappa shape index (κ1) is 86.0. The fourth-order valence-corrected chi connectivity index (χ4v) is 0. The van der Waals surface area contributed by atoms with Gasteiger partial charge in [0.25, 0.3) is 37.7 Å². The number of carboxylic acid groups (broad SMARTS) is 1. The molecule has 0 unspecified atom stereocenters. The number of rotatable bonds is 0. The zero-order chi connectivity index (χ0) is 42.5. The largest absolute Gasteiger partial charge is 0.490 e. The molecule has 0 rings (SSSR count). The minimum absolute atomic E-state index is 0. The number of aliphatic carboxylic acids is 1. The summed E-state index contributed by atoms with van der Waals surface area (Å²) in [5.41, 5.74) is 0. The molecule has 0 atom stereocenters. The Hall–Kier alpha value is -0.0265. The Morgan fingerprint density at radius 2 is 0.333 bits per heavy atom. The number of carboxylic acids is 1. The molecule has 40 heteroatoms. The van der Waals surface area contributed by atoms with Crippen LogP contribution in [0, 0.1) is 0 Å². The molecule has 0 aliphatic carbocycles. The maximum atomic E-state index is 10.7. The number of hydrogen-bond donors (Lipinski definition) is 13. The fourth-order valence-electron chi connectivity index (χ4n) is 0. The van der Waals surface area contributed by atoms with Crippen LogP contribution in [0.4, 0.5) is 92.2 Å². The van der Waals surface area contributed by atoms with Gasteiger partial charge in [0.2, 0.25) is 0 Å². The van der Waals surface area contributed by atoms with Crippen molar-refractivity contribution in [2.24, 2.45) is 0 Å². The average molecular weight is 1090 g/mol. The van der Waals surface area contributed by atoms with Crippen molar-refractivity contribution in [2.75, 3.05) is 0 Å². The van der Waals surface area contributed by atoms with E-state index in [1.54, 1.807) is 0 Å². The van der Waals surface area contributed by atoms with Crippen molar-refractivity contribution >= 4 is 5.97 Å². The van der Waals surface area contributed by atoms with Crippen molar-refractivity contribution in [3.63, 3.8) is 0 Å². The molecule has 54 heavy (non-hydrogen) atoms. The van der Waals surface area contributed by atoms with Gasteiger partial charge in [0.1, 0.15) is 0 Å². The third-order valence-corrected chi connectivity index (χ3v) is 2.00. The minimum atomic E-state index is -5.08. The van der Waals surface area contributed by atoms with Gasteiger partial charge in [-0.15, -0.1) is 0 Å². The van der Waals surface area contributed by atoms with Gasteiger partial charge >= 0.3 is 49.2 Å². The Labute approximate surface area is 332 Å². The molecule has 0 aliphatic rings. The summed E-state index contributed by atoms with van der Waals surface area (Å²) < 4.78 is 224. The van der Waals surface area contributed by atoms with E-state index in [0.29, 0.717) is 0 Å². The first-order valence-electron chi connectivity index (χ1n) is 9.48. The van der Waals surface area contributed by atoms with E-state index >= 15 is 0 Å². The fraction of sp³-hybridized carbons (Fsp3) is 0.929.